The van der Waals surface area contributed by atoms with Crippen molar-refractivity contribution in [1.82, 2.24) is 14.9 Å². The first-order chi connectivity index (χ1) is 11.2. The van der Waals surface area contributed by atoms with Crippen molar-refractivity contribution in [3.05, 3.63) is 59.1 Å². The number of hydrogen-bond donors (Lipinski definition) is 0. The number of aromatic nitrogens is 2. The standard InChI is InChI=1S/C17H18ClN3O2/c18-16-3-1-15(2-4-16)17(22)21-5-6-23-11-14(10-21)7-13-8-19-12-20-9-13/h1-4,8-9,12,14H,5-7,10-11H2/t14-/m1/s1. The van der Waals surface area contributed by atoms with E-state index < -0.39 is 0 Å². The van der Waals surface area contributed by atoms with Gasteiger partial charge in [-0.15, -0.1) is 0 Å². The molecular weight excluding hydrogens is 314 g/mol. The molecule has 2 heterocycles. The molecule has 3 rings (SSSR count). The van der Waals surface area contributed by atoms with Crippen molar-refractivity contribution >= 4 is 17.5 Å². The van der Waals surface area contributed by atoms with Crippen LogP contribution in [-0.4, -0.2) is 47.1 Å². The van der Waals surface area contributed by atoms with Gasteiger partial charge in [0.15, 0.2) is 0 Å². The van der Waals surface area contributed by atoms with Gasteiger partial charge in [0.05, 0.1) is 13.2 Å². The fraction of sp³-hybridized carbons (Fsp3) is 0.353. The Bertz CT molecular complexity index is 649. The average Bonchev–Trinajstić information content (AvgIpc) is 2.81. The molecule has 1 atom stereocenters. The van der Waals surface area contributed by atoms with E-state index in [1.807, 2.05) is 17.3 Å². The lowest BCUT2D eigenvalue weighted by atomic mass is 10.0. The summed E-state index contributed by atoms with van der Waals surface area (Å²) in [6, 6.07) is 7.00. The molecule has 1 aromatic carbocycles. The Hall–Kier alpha value is -1.98. The third-order valence-electron chi connectivity index (χ3n) is 3.85. The largest absolute Gasteiger partial charge is 0.379 e. The zero-order valence-electron chi connectivity index (χ0n) is 12.7. The Kier molecular flexibility index (Phi) is 5.20. The van der Waals surface area contributed by atoms with Gasteiger partial charge >= 0.3 is 0 Å². The van der Waals surface area contributed by atoms with E-state index in [2.05, 4.69) is 9.97 Å². The highest BCUT2D eigenvalue weighted by molar-refractivity contribution is 6.30. The van der Waals surface area contributed by atoms with Crippen LogP contribution in [0, 0.1) is 5.92 Å². The van der Waals surface area contributed by atoms with Crippen LogP contribution in [0.5, 0.6) is 0 Å². The van der Waals surface area contributed by atoms with Crippen molar-refractivity contribution in [3.63, 3.8) is 0 Å². The van der Waals surface area contributed by atoms with E-state index in [1.54, 1.807) is 24.3 Å². The molecule has 0 radical (unpaired) electrons. The predicted octanol–water partition coefficient (Wildman–Crippen LogP) is 2.46. The molecular formula is C17H18ClN3O2. The highest BCUT2D eigenvalue weighted by atomic mass is 35.5. The number of halogens is 1. The summed E-state index contributed by atoms with van der Waals surface area (Å²) >= 11 is 5.88. The normalized spacial score (nSPS) is 18.5. The van der Waals surface area contributed by atoms with Crippen LogP contribution < -0.4 is 0 Å². The minimum absolute atomic E-state index is 0.0153. The lowest BCUT2D eigenvalue weighted by Gasteiger charge is -2.23. The molecule has 1 aromatic heterocycles. The second kappa shape index (κ2) is 7.53. The molecule has 1 saturated heterocycles. The maximum absolute atomic E-state index is 12.7. The summed E-state index contributed by atoms with van der Waals surface area (Å²) < 4.78 is 5.66. The molecule has 1 amide bonds. The summed E-state index contributed by atoms with van der Waals surface area (Å²) in [7, 11) is 0. The van der Waals surface area contributed by atoms with E-state index in [1.165, 1.54) is 6.33 Å². The van der Waals surface area contributed by atoms with Crippen molar-refractivity contribution in [2.24, 2.45) is 5.92 Å². The van der Waals surface area contributed by atoms with Crippen LogP contribution in [0.25, 0.3) is 0 Å². The molecule has 6 heteroatoms. The monoisotopic (exact) mass is 331 g/mol. The second-order valence-electron chi connectivity index (χ2n) is 5.65. The number of carbonyl (C=O) groups is 1. The van der Waals surface area contributed by atoms with Gasteiger partial charge in [-0.25, -0.2) is 9.97 Å². The van der Waals surface area contributed by atoms with Gasteiger partial charge in [-0.05, 0) is 36.2 Å². The smallest absolute Gasteiger partial charge is 0.253 e. The van der Waals surface area contributed by atoms with E-state index in [4.69, 9.17) is 16.3 Å². The van der Waals surface area contributed by atoms with Crippen LogP contribution in [0.3, 0.4) is 0 Å². The molecule has 1 fully saturated rings. The lowest BCUT2D eigenvalue weighted by Crippen LogP contribution is -2.36. The zero-order valence-corrected chi connectivity index (χ0v) is 13.4. The van der Waals surface area contributed by atoms with Crippen molar-refractivity contribution < 1.29 is 9.53 Å². The summed E-state index contributed by atoms with van der Waals surface area (Å²) in [6.07, 6.45) is 5.93. The summed E-state index contributed by atoms with van der Waals surface area (Å²) in [4.78, 5) is 22.6. The Morgan fingerprint density at radius 1 is 1.26 bits per heavy atom. The van der Waals surface area contributed by atoms with Crippen molar-refractivity contribution in [1.29, 1.82) is 0 Å². The number of ether oxygens (including phenoxy) is 1. The van der Waals surface area contributed by atoms with Crippen molar-refractivity contribution in [2.75, 3.05) is 26.3 Å². The number of carbonyl (C=O) groups excluding carboxylic acids is 1. The SMILES string of the molecule is O=C(c1ccc(Cl)cc1)N1CCOC[C@H](Cc2cncnc2)C1. The summed E-state index contributed by atoms with van der Waals surface area (Å²) in [5.74, 6) is 0.251. The fourth-order valence-electron chi connectivity index (χ4n) is 2.73. The molecule has 0 spiro atoms. The predicted molar refractivity (Wildman–Crippen MR) is 87.4 cm³/mol. The van der Waals surface area contributed by atoms with Crippen LogP contribution in [-0.2, 0) is 11.2 Å². The maximum Gasteiger partial charge on any atom is 0.253 e. The minimum atomic E-state index is 0.0153. The quantitative estimate of drug-likeness (QED) is 0.867. The molecule has 0 bridgehead atoms. The topological polar surface area (TPSA) is 55.3 Å². The molecule has 5 nitrogen and oxygen atoms in total. The van der Waals surface area contributed by atoms with Gasteiger partial charge in [0.25, 0.3) is 5.91 Å². The molecule has 1 aliphatic heterocycles. The number of benzene rings is 1. The van der Waals surface area contributed by atoms with E-state index in [0.29, 0.717) is 36.9 Å². The van der Waals surface area contributed by atoms with Gasteiger partial charge in [0, 0.05) is 42.0 Å². The Morgan fingerprint density at radius 2 is 2.00 bits per heavy atom. The van der Waals surface area contributed by atoms with Crippen molar-refractivity contribution in [2.45, 2.75) is 6.42 Å². The van der Waals surface area contributed by atoms with Gasteiger partial charge in [-0.1, -0.05) is 11.6 Å². The first-order valence-electron chi connectivity index (χ1n) is 7.59. The van der Waals surface area contributed by atoms with Crippen LogP contribution in [0.4, 0.5) is 0 Å². The first-order valence-corrected chi connectivity index (χ1v) is 7.96. The molecule has 0 aliphatic carbocycles. The van der Waals surface area contributed by atoms with E-state index in [9.17, 15) is 4.79 Å². The Balaban J connectivity index is 1.69. The zero-order chi connectivity index (χ0) is 16.1. The molecule has 2 aromatic rings. The van der Waals surface area contributed by atoms with Crippen LogP contribution in [0.15, 0.2) is 43.0 Å². The van der Waals surface area contributed by atoms with Gasteiger partial charge in [-0.3, -0.25) is 4.79 Å². The summed E-state index contributed by atoms with van der Waals surface area (Å²) in [5.41, 5.74) is 1.71. The van der Waals surface area contributed by atoms with E-state index >= 15 is 0 Å². The average molecular weight is 332 g/mol. The third kappa shape index (κ3) is 4.27. The molecule has 0 saturated carbocycles. The second-order valence-corrected chi connectivity index (χ2v) is 6.09. The number of amides is 1. The highest BCUT2D eigenvalue weighted by Gasteiger charge is 2.23. The summed E-state index contributed by atoms with van der Waals surface area (Å²) in [5, 5.41) is 0.628. The maximum atomic E-state index is 12.7. The highest BCUT2D eigenvalue weighted by Crippen LogP contribution is 2.16. The van der Waals surface area contributed by atoms with Crippen LogP contribution >= 0.6 is 11.6 Å². The molecule has 1 aliphatic rings. The molecule has 120 valence electrons. The fourth-order valence-corrected chi connectivity index (χ4v) is 2.86. The number of hydrogen-bond acceptors (Lipinski definition) is 4. The molecule has 0 unspecified atom stereocenters. The van der Waals surface area contributed by atoms with E-state index in [-0.39, 0.29) is 11.8 Å². The molecule has 0 N–H and O–H groups in total. The van der Waals surface area contributed by atoms with Gasteiger partial charge < -0.3 is 9.64 Å². The Morgan fingerprint density at radius 3 is 2.74 bits per heavy atom. The molecule has 23 heavy (non-hydrogen) atoms. The van der Waals surface area contributed by atoms with Crippen LogP contribution in [0.1, 0.15) is 15.9 Å². The van der Waals surface area contributed by atoms with Gasteiger partial charge in [0.1, 0.15) is 6.33 Å². The first kappa shape index (κ1) is 15.9. The van der Waals surface area contributed by atoms with Crippen LogP contribution in [0.2, 0.25) is 5.02 Å². The Labute approximate surface area is 140 Å². The van der Waals surface area contributed by atoms with Gasteiger partial charge in [-0.2, -0.15) is 0 Å². The number of nitrogens with zero attached hydrogens (tertiary/aromatic N) is 3. The minimum Gasteiger partial charge on any atom is -0.379 e. The van der Waals surface area contributed by atoms with Crippen molar-refractivity contribution in [3.8, 4) is 0 Å². The van der Waals surface area contributed by atoms with Gasteiger partial charge in [0.2, 0.25) is 0 Å². The third-order valence-corrected chi connectivity index (χ3v) is 4.11. The number of rotatable bonds is 3. The summed E-state index contributed by atoms with van der Waals surface area (Å²) in [6.45, 7) is 2.46. The van der Waals surface area contributed by atoms with E-state index in [0.717, 1.165) is 12.0 Å². The lowest BCUT2D eigenvalue weighted by molar-refractivity contribution is 0.0737.